The Kier molecular flexibility index (Phi) is 5.30. The SMILES string of the molecule is O=C(CCl)c1cc(Cl)c(OCc2ccccc2)c(Cl)c1. The lowest BCUT2D eigenvalue weighted by Crippen LogP contribution is -2.02. The van der Waals surface area contributed by atoms with Crippen LogP contribution in [-0.2, 0) is 6.61 Å². The molecule has 2 aromatic carbocycles. The molecule has 0 N–H and O–H groups in total. The number of rotatable bonds is 5. The smallest absolute Gasteiger partial charge is 0.177 e. The molecule has 20 heavy (non-hydrogen) atoms. The van der Waals surface area contributed by atoms with E-state index < -0.39 is 0 Å². The minimum absolute atomic E-state index is 0.114. The number of Topliss-reactive ketones (excluding diaryl/α,β-unsaturated/α-hetero) is 1. The minimum Gasteiger partial charge on any atom is -0.486 e. The average molecular weight is 330 g/mol. The van der Waals surface area contributed by atoms with Crippen molar-refractivity contribution in [3.05, 3.63) is 63.6 Å². The fourth-order valence-electron chi connectivity index (χ4n) is 1.67. The molecule has 0 aliphatic heterocycles. The van der Waals surface area contributed by atoms with E-state index >= 15 is 0 Å². The zero-order valence-electron chi connectivity index (χ0n) is 10.4. The number of benzene rings is 2. The van der Waals surface area contributed by atoms with Gasteiger partial charge in [0.2, 0.25) is 0 Å². The topological polar surface area (TPSA) is 26.3 Å². The number of carbonyl (C=O) groups is 1. The molecule has 2 aromatic rings. The summed E-state index contributed by atoms with van der Waals surface area (Å²) in [5.74, 6) is 0.0186. The van der Waals surface area contributed by atoms with Crippen LogP contribution in [0.3, 0.4) is 0 Å². The highest BCUT2D eigenvalue weighted by atomic mass is 35.5. The zero-order chi connectivity index (χ0) is 14.5. The minimum atomic E-state index is -0.231. The van der Waals surface area contributed by atoms with Gasteiger partial charge in [0.25, 0.3) is 0 Å². The lowest BCUT2D eigenvalue weighted by molar-refractivity contribution is 0.102. The molecule has 0 spiro atoms. The number of ketones is 1. The quantitative estimate of drug-likeness (QED) is 0.570. The standard InChI is InChI=1S/C15H11Cl3O2/c16-8-14(19)11-6-12(17)15(13(18)7-11)20-9-10-4-2-1-3-5-10/h1-7H,8-9H2. The molecule has 104 valence electrons. The molecule has 2 nitrogen and oxygen atoms in total. The molecule has 0 saturated carbocycles. The number of carbonyl (C=O) groups excluding carboxylic acids is 1. The van der Waals surface area contributed by atoms with Crippen LogP contribution in [0.2, 0.25) is 10.0 Å². The molecule has 0 radical (unpaired) electrons. The van der Waals surface area contributed by atoms with Crippen LogP contribution in [0.15, 0.2) is 42.5 Å². The van der Waals surface area contributed by atoms with E-state index in [1.165, 1.54) is 12.1 Å². The largest absolute Gasteiger partial charge is 0.486 e. The summed E-state index contributed by atoms with van der Waals surface area (Å²) < 4.78 is 5.61. The van der Waals surface area contributed by atoms with Gasteiger partial charge in [-0.1, -0.05) is 53.5 Å². The number of hydrogen-bond donors (Lipinski definition) is 0. The third-order valence-corrected chi connectivity index (χ3v) is 3.47. The van der Waals surface area contributed by atoms with Crippen LogP contribution >= 0.6 is 34.8 Å². The molecule has 2 rings (SSSR count). The molecule has 0 aliphatic carbocycles. The van der Waals surface area contributed by atoms with E-state index in [-0.39, 0.29) is 11.7 Å². The highest BCUT2D eigenvalue weighted by molar-refractivity contribution is 6.38. The third kappa shape index (κ3) is 3.66. The van der Waals surface area contributed by atoms with Crippen molar-refractivity contribution in [2.24, 2.45) is 0 Å². The summed E-state index contributed by atoms with van der Waals surface area (Å²) in [4.78, 5) is 11.5. The monoisotopic (exact) mass is 328 g/mol. The molecule has 0 fully saturated rings. The average Bonchev–Trinajstić information content (AvgIpc) is 2.46. The molecule has 0 amide bonds. The number of hydrogen-bond acceptors (Lipinski definition) is 2. The molecule has 0 aliphatic rings. The van der Waals surface area contributed by atoms with Crippen molar-refractivity contribution in [3.63, 3.8) is 0 Å². The third-order valence-electron chi connectivity index (χ3n) is 2.67. The predicted molar refractivity (Wildman–Crippen MR) is 82.3 cm³/mol. The Hall–Kier alpha value is -1.22. The van der Waals surface area contributed by atoms with Gasteiger partial charge in [0.15, 0.2) is 11.5 Å². The van der Waals surface area contributed by atoms with Gasteiger partial charge in [-0.05, 0) is 17.7 Å². The van der Waals surface area contributed by atoms with E-state index in [1.54, 1.807) is 0 Å². The second-order valence-corrected chi connectivity index (χ2v) is 5.18. The second kappa shape index (κ2) is 6.98. The van der Waals surface area contributed by atoms with E-state index in [4.69, 9.17) is 39.5 Å². The van der Waals surface area contributed by atoms with Crippen LogP contribution in [0.1, 0.15) is 15.9 Å². The Balaban J connectivity index is 2.18. The van der Waals surface area contributed by atoms with Gasteiger partial charge in [-0.2, -0.15) is 0 Å². The maximum atomic E-state index is 11.5. The van der Waals surface area contributed by atoms with Gasteiger partial charge in [0.05, 0.1) is 15.9 Å². The Morgan fingerprint density at radius 2 is 1.65 bits per heavy atom. The van der Waals surface area contributed by atoms with E-state index in [9.17, 15) is 4.79 Å². The van der Waals surface area contributed by atoms with Crippen LogP contribution in [0.25, 0.3) is 0 Å². The van der Waals surface area contributed by atoms with Gasteiger partial charge in [0.1, 0.15) is 6.61 Å². The van der Waals surface area contributed by atoms with Crippen LogP contribution in [0, 0.1) is 0 Å². The highest BCUT2D eigenvalue weighted by Gasteiger charge is 2.13. The zero-order valence-corrected chi connectivity index (χ0v) is 12.7. The van der Waals surface area contributed by atoms with Crippen LogP contribution in [0.5, 0.6) is 5.75 Å². The fourth-order valence-corrected chi connectivity index (χ4v) is 2.42. The fraction of sp³-hybridized carbons (Fsp3) is 0.133. The predicted octanol–water partition coefficient (Wildman–Crippen LogP) is 4.99. The van der Waals surface area contributed by atoms with Crippen LogP contribution in [0.4, 0.5) is 0 Å². The summed E-state index contributed by atoms with van der Waals surface area (Å²) in [6, 6.07) is 12.7. The van der Waals surface area contributed by atoms with Gasteiger partial charge in [-0.25, -0.2) is 0 Å². The Morgan fingerprint density at radius 1 is 1.05 bits per heavy atom. The first-order valence-corrected chi connectivity index (χ1v) is 7.16. The first-order valence-electron chi connectivity index (χ1n) is 5.86. The highest BCUT2D eigenvalue weighted by Crippen LogP contribution is 2.35. The van der Waals surface area contributed by atoms with E-state index in [0.29, 0.717) is 28.0 Å². The molecule has 0 aromatic heterocycles. The molecule has 0 heterocycles. The summed E-state index contributed by atoms with van der Waals surface area (Å²) in [7, 11) is 0. The summed E-state index contributed by atoms with van der Waals surface area (Å²) in [6.07, 6.45) is 0. The van der Waals surface area contributed by atoms with Crippen LogP contribution in [-0.4, -0.2) is 11.7 Å². The normalized spacial score (nSPS) is 10.3. The van der Waals surface area contributed by atoms with Crippen molar-refractivity contribution in [3.8, 4) is 5.75 Å². The molecule has 0 unspecified atom stereocenters. The van der Waals surface area contributed by atoms with Gasteiger partial charge in [-0.15, -0.1) is 11.6 Å². The maximum Gasteiger partial charge on any atom is 0.177 e. The van der Waals surface area contributed by atoms with Crippen molar-refractivity contribution in [1.29, 1.82) is 0 Å². The van der Waals surface area contributed by atoms with E-state index in [1.807, 2.05) is 30.3 Å². The summed E-state index contributed by atoms with van der Waals surface area (Å²) in [5.41, 5.74) is 1.38. The Labute approximate surface area is 132 Å². The van der Waals surface area contributed by atoms with Crippen LogP contribution < -0.4 is 4.74 Å². The van der Waals surface area contributed by atoms with Gasteiger partial charge < -0.3 is 4.74 Å². The Morgan fingerprint density at radius 3 is 2.20 bits per heavy atom. The van der Waals surface area contributed by atoms with E-state index in [0.717, 1.165) is 5.56 Å². The van der Waals surface area contributed by atoms with Gasteiger partial charge >= 0.3 is 0 Å². The molecule has 5 heteroatoms. The summed E-state index contributed by atoms with van der Waals surface area (Å²) in [5, 5.41) is 0.587. The first kappa shape index (κ1) is 15.2. The number of ether oxygens (including phenoxy) is 1. The molecule has 0 saturated heterocycles. The summed E-state index contributed by atoms with van der Waals surface area (Å²) in [6.45, 7) is 0.350. The maximum absolute atomic E-state index is 11.5. The molecular formula is C15H11Cl3O2. The summed E-state index contributed by atoms with van der Waals surface area (Å²) >= 11 is 17.7. The number of alkyl halides is 1. The van der Waals surface area contributed by atoms with E-state index in [2.05, 4.69) is 0 Å². The van der Waals surface area contributed by atoms with Crippen molar-refractivity contribution in [1.82, 2.24) is 0 Å². The molecule has 0 bridgehead atoms. The second-order valence-electron chi connectivity index (χ2n) is 4.10. The van der Waals surface area contributed by atoms with Crippen molar-refractivity contribution in [2.75, 3.05) is 5.88 Å². The number of halogens is 3. The van der Waals surface area contributed by atoms with Gasteiger partial charge in [-0.3, -0.25) is 4.79 Å². The molecular weight excluding hydrogens is 319 g/mol. The lowest BCUT2D eigenvalue weighted by Gasteiger charge is -2.11. The van der Waals surface area contributed by atoms with Crippen molar-refractivity contribution in [2.45, 2.75) is 6.61 Å². The lowest BCUT2D eigenvalue weighted by atomic mass is 10.1. The van der Waals surface area contributed by atoms with Crippen molar-refractivity contribution < 1.29 is 9.53 Å². The first-order chi connectivity index (χ1) is 9.61. The molecule has 0 atom stereocenters. The van der Waals surface area contributed by atoms with Gasteiger partial charge in [0, 0.05) is 5.56 Å². The Bertz CT molecular complexity index is 589. The van der Waals surface area contributed by atoms with Crippen molar-refractivity contribution >= 4 is 40.6 Å².